The molecule has 6 nitrogen and oxygen atoms in total. The second-order valence-electron chi connectivity index (χ2n) is 4.65. The monoisotopic (exact) mass is 292 g/mol. The predicted molar refractivity (Wildman–Crippen MR) is 76.6 cm³/mol. The summed E-state index contributed by atoms with van der Waals surface area (Å²) in [6.45, 7) is 2.02. The molecule has 7 heteroatoms. The molecule has 0 fully saturated rings. The van der Waals surface area contributed by atoms with E-state index in [4.69, 9.17) is 16.2 Å². The molecule has 112 valence electrons. The molecular weight excluding hydrogens is 275 g/mol. The van der Waals surface area contributed by atoms with Crippen molar-refractivity contribution in [2.24, 2.45) is 12.8 Å². The van der Waals surface area contributed by atoms with Crippen molar-refractivity contribution in [3.05, 3.63) is 35.3 Å². The number of rotatable bonds is 5. The van der Waals surface area contributed by atoms with Gasteiger partial charge in [-0.3, -0.25) is 4.79 Å². The highest BCUT2D eigenvalue weighted by Gasteiger charge is 2.16. The van der Waals surface area contributed by atoms with E-state index >= 15 is 0 Å². The quantitative estimate of drug-likeness (QED) is 0.880. The second-order valence-corrected chi connectivity index (χ2v) is 4.65. The van der Waals surface area contributed by atoms with Gasteiger partial charge in [0.1, 0.15) is 17.3 Å². The Morgan fingerprint density at radius 3 is 2.76 bits per heavy atom. The molecule has 0 spiro atoms. The van der Waals surface area contributed by atoms with Gasteiger partial charge in [0.25, 0.3) is 5.91 Å². The average molecular weight is 292 g/mol. The van der Waals surface area contributed by atoms with Crippen molar-refractivity contribution in [2.45, 2.75) is 19.8 Å². The summed E-state index contributed by atoms with van der Waals surface area (Å²) in [5, 5.41) is 4.26. The van der Waals surface area contributed by atoms with Gasteiger partial charge < -0.3 is 16.2 Å². The summed E-state index contributed by atoms with van der Waals surface area (Å²) < 4.78 is 20.8. The first kappa shape index (κ1) is 14.8. The normalized spacial score (nSPS) is 10.6. The van der Waals surface area contributed by atoms with Gasteiger partial charge in [0.15, 0.2) is 0 Å². The zero-order chi connectivity index (χ0) is 15.6. The molecule has 0 unspecified atom stereocenters. The lowest BCUT2D eigenvalue weighted by atomic mass is 10.2. The van der Waals surface area contributed by atoms with E-state index in [1.54, 1.807) is 7.05 Å². The van der Waals surface area contributed by atoms with Crippen LogP contribution in [0.3, 0.4) is 0 Å². The molecule has 1 amide bonds. The van der Waals surface area contributed by atoms with E-state index in [-0.39, 0.29) is 11.3 Å². The molecule has 2 aromatic rings. The molecule has 0 aliphatic rings. The van der Waals surface area contributed by atoms with Crippen LogP contribution < -0.4 is 16.2 Å². The van der Waals surface area contributed by atoms with E-state index < -0.39 is 11.7 Å². The van der Waals surface area contributed by atoms with Gasteiger partial charge in [-0.25, -0.2) is 9.07 Å². The third-order valence-corrected chi connectivity index (χ3v) is 3.01. The molecule has 0 atom stereocenters. The maximum atomic E-state index is 13.7. The zero-order valence-corrected chi connectivity index (χ0v) is 11.9. The number of aryl methyl sites for hydroxylation is 2. The Labute approximate surface area is 121 Å². The highest BCUT2D eigenvalue weighted by Crippen LogP contribution is 2.30. The smallest absolute Gasteiger partial charge is 0.251 e. The zero-order valence-electron chi connectivity index (χ0n) is 11.9. The maximum absolute atomic E-state index is 13.7. The Bertz CT molecular complexity index is 682. The molecule has 21 heavy (non-hydrogen) atoms. The van der Waals surface area contributed by atoms with Gasteiger partial charge in [-0.05, 0) is 18.6 Å². The molecule has 0 saturated carbocycles. The van der Waals surface area contributed by atoms with E-state index in [9.17, 15) is 9.18 Å². The first-order valence-corrected chi connectivity index (χ1v) is 6.52. The molecule has 0 bridgehead atoms. The number of carbonyl (C=O) groups is 1. The fraction of sp³-hybridized carbons (Fsp3) is 0.286. The standard InChI is InChI=1S/C14H17FN4O2/c1-3-4-11-12(16)14(19(2)18-11)21-8-5-6-9(13(17)20)10(15)7-8/h5-7H,3-4,16H2,1-2H3,(H2,17,20). The number of amides is 1. The van der Waals surface area contributed by atoms with Gasteiger partial charge >= 0.3 is 0 Å². The van der Waals surface area contributed by atoms with Crippen LogP contribution in [0.15, 0.2) is 18.2 Å². The Morgan fingerprint density at radius 2 is 2.19 bits per heavy atom. The van der Waals surface area contributed by atoms with Gasteiger partial charge in [0, 0.05) is 13.1 Å². The number of nitrogen functional groups attached to an aromatic ring is 1. The van der Waals surface area contributed by atoms with Crippen molar-refractivity contribution in [1.29, 1.82) is 0 Å². The van der Waals surface area contributed by atoms with Crippen LogP contribution in [0.25, 0.3) is 0 Å². The Kier molecular flexibility index (Phi) is 4.11. The fourth-order valence-corrected chi connectivity index (χ4v) is 1.99. The summed E-state index contributed by atoms with van der Waals surface area (Å²) in [4.78, 5) is 11.0. The minimum absolute atomic E-state index is 0.188. The number of benzene rings is 1. The summed E-state index contributed by atoms with van der Waals surface area (Å²) >= 11 is 0. The SMILES string of the molecule is CCCc1nn(C)c(Oc2ccc(C(N)=O)c(F)c2)c1N. The average Bonchev–Trinajstić information content (AvgIpc) is 2.67. The number of carbonyl (C=O) groups excluding carboxylic acids is 1. The molecule has 0 radical (unpaired) electrons. The fourth-order valence-electron chi connectivity index (χ4n) is 1.99. The van der Waals surface area contributed by atoms with Crippen molar-refractivity contribution in [2.75, 3.05) is 5.73 Å². The predicted octanol–water partition coefficient (Wildman–Crippen LogP) is 1.99. The van der Waals surface area contributed by atoms with E-state index in [1.807, 2.05) is 6.92 Å². The third-order valence-electron chi connectivity index (χ3n) is 3.01. The Hall–Kier alpha value is -2.57. The second kappa shape index (κ2) is 5.82. The number of nitrogens with zero attached hydrogens (tertiary/aromatic N) is 2. The van der Waals surface area contributed by atoms with Crippen LogP contribution in [0.4, 0.5) is 10.1 Å². The van der Waals surface area contributed by atoms with Gasteiger partial charge in [-0.1, -0.05) is 13.3 Å². The van der Waals surface area contributed by atoms with E-state index in [0.29, 0.717) is 11.6 Å². The van der Waals surface area contributed by atoms with Crippen LogP contribution in [-0.2, 0) is 13.5 Å². The summed E-state index contributed by atoms with van der Waals surface area (Å²) in [5.74, 6) is -1.02. The first-order valence-electron chi connectivity index (χ1n) is 6.52. The Morgan fingerprint density at radius 1 is 1.48 bits per heavy atom. The highest BCUT2D eigenvalue weighted by atomic mass is 19.1. The van der Waals surface area contributed by atoms with Crippen LogP contribution in [0.5, 0.6) is 11.6 Å². The van der Waals surface area contributed by atoms with Crippen molar-refractivity contribution < 1.29 is 13.9 Å². The van der Waals surface area contributed by atoms with Gasteiger partial charge in [-0.2, -0.15) is 5.10 Å². The maximum Gasteiger partial charge on any atom is 0.251 e. The lowest BCUT2D eigenvalue weighted by Gasteiger charge is -2.07. The van der Waals surface area contributed by atoms with E-state index in [1.165, 1.54) is 16.8 Å². The molecule has 2 rings (SSSR count). The number of anilines is 1. The van der Waals surface area contributed by atoms with Crippen molar-refractivity contribution in [3.8, 4) is 11.6 Å². The minimum atomic E-state index is -0.829. The molecule has 0 aliphatic carbocycles. The summed E-state index contributed by atoms with van der Waals surface area (Å²) in [5.41, 5.74) is 12.0. The van der Waals surface area contributed by atoms with Crippen LogP contribution in [0.1, 0.15) is 29.4 Å². The third kappa shape index (κ3) is 2.96. The molecule has 1 aromatic heterocycles. The number of hydrogen-bond acceptors (Lipinski definition) is 4. The number of ether oxygens (including phenoxy) is 1. The number of primary amides is 1. The molecule has 4 N–H and O–H groups in total. The van der Waals surface area contributed by atoms with Crippen LogP contribution in [-0.4, -0.2) is 15.7 Å². The summed E-state index contributed by atoms with van der Waals surface area (Å²) in [7, 11) is 1.69. The highest BCUT2D eigenvalue weighted by molar-refractivity contribution is 5.93. The van der Waals surface area contributed by atoms with E-state index in [2.05, 4.69) is 5.10 Å². The molecule has 1 aromatic carbocycles. The van der Waals surface area contributed by atoms with Crippen LogP contribution in [0, 0.1) is 5.82 Å². The van der Waals surface area contributed by atoms with Crippen molar-refractivity contribution >= 4 is 11.6 Å². The molecule has 0 saturated heterocycles. The number of hydrogen-bond donors (Lipinski definition) is 2. The molecule has 1 heterocycles. The van der Waals surface area contributed by atoms with Gasteiger partial charge in [-0.15, -0.1) is 0 Å². The van der Waals surface area contributed by atoms with E-state index in [0.717, 1.165) is 24.6 Å². The number of nitrogens with two attached hydrogens (primary N) is 2. The summed E-state index contributed by atoms with van der Waals surface area (Å²) in [6, 6.07) is 3.81. The van der Waals surface area contributed by atoms with Crippen molar-refractivity contribution in [3.63, 3.8) is 0 Å². The van der Waals surface area contributed by atoms with Gasteiger partial charge in [0.2, 0.25) is 5.88 Å². The van der Waals surface area contributed by atoms with Gasteiger partial charge in [0.05, 0.1) is 11.3 Å². The number of halogens is 1. The molecule has 0 aliphatic heterocycles. The van der Waals surface area contributed by atoms with Crippen molar-refractivity contribution in [1.82, 2.24) is 9.78 Å². The minimum Gasteiger partial charge on any atom is -0.437 e. The lowest BCUT2D eigenvalue weighted by molar-refractivity contribution is 0.0996. The largest absolute Gasteiger partial charge is 0.437 e. The number of aromatic nitrogens is 2. The molecular formula is C14H17FN4O2. The Balaban J connectivity index is 2.30. The topological polar surface area (TPSA) is 96.2 Å². The lowest BCUT2D eigenvalue weighted by Crippen LogP contribution is -2.12. The summed E-state index contributed by atoms with van der Waals surface area (Å²) in [6.07, 6.45) is 1.64. The first-order chi connectivity index (χ1) is 9.93. The van der Waals surface area contributed by atoms with Crippen LogP contribution >= 0.6 is 0 Å². The van der Waals surface area contributed by atoms with Crippen LogP contribution in [0.2, 0.25) is 0 Å².